The predicted molar refractivity (Wildman–Crippen MR) is 56.9 cm³/mol. The normalized spacial score (nSPS) is 11.6. The van der Waals surface area contributed by atoms with Crippen molar-refractivity contribution in [1.29, 1.82) is 0 Å². The molecule has 0 aliphatic heterocycles. The number of carbonyl (C=O) groups is 1. The number of ketones is 1. The van der Waals surface area contributed by atoms with Crippen LogP contribution >= 0.6 is 0 Å². The number of hydrogen-bond acceptors (Lipinski definition) is 3. The third-order valence-electron chi connectivity index (χ3n) is 2.32. The lowest BCUT2D eigenvalue weighted by Crippen LogP contribution is -2.06. The summed E-state index contributed by atoms with van der Waals surface area (Å²) in [6, 6.07) is 4.91. The minimum absolute atomic E-state index is 0.0676. The van der Waals surface area contributed by atoms with Crippen molar-refractivity contribution in [3.05, 3.63) is 41.8 Å². The van der Waals surface area contributed by atoms with Gasteiger partial charge in [-0.3, -0.25) is 4.79 Å². The molecule has 0 saturated carbocycles. The van der Waals surface area contributed by atoms with Crippen LogP contribution in [0.3, 0.4) is 0 Å². The highest BCUT2D eigenvalue weighted by atomic mass is 19.4. The maximum Gasteiger partial charge on any atom is 0.417 e. The summed E-state index contributed by atoms with van der Waals surface area (Å²) in [5.74, 6) is -0.673. The van der Waals surface area contributed by atoms with E-state index in [1.165, 1.54) is 25.1 Å². The fraction of sp³-hybridized carbons (Fsp3) is 0.167. The summed E-state index contributed by atoms with van der Waals surface area (Å²) in [5.41, 5.74) is -1.03. The Kier molecular flexibility index (Phi) is 2.94. The molecule has 1 aromatic heterocycles. The minimum atomic E-state index is -4.50. The highest BCUT2D eigenvalue weighted by Gasteiger charge is 2.34. The van der Waals surface area contributed by atoms with Crippen LogP contribution in [0, 0.1) is 0 Å². The third kappa shape index (κ3) is 2.27. The summed E-state index contributed by atoms with van der Waals surface area (Å²) in [5, 5.41) is 0. The molecule has 3 nitrogen and oxygen atoms in total. The highest BCUT2D eigenvalue weighted by molar-refractivity contribution is 5.91. The van der Waals surface area contributed by atoms with Crippen molar-refractivity contribution in [2.45, 2.75) is 13.1 Å². The zero-order valence-electron chi connectivity index (χ0n) is 9.28. The standard InChI is InChI=1S/C12H8F3NO2/c1-7(17)10-6-16-11(18-10)8-4-2-3-5-9(8)12(13,14)15/h2-6H,1H3. The number of hydrogen-bond donors (Lipinski definition) is 0. The van der Waals surface area contributed by atoms with Crippen molar-refractivity contribution < 1.29 is 22.4 Å². The van der Waals surface area contributed by atoms with Crippen molar-refractivity contribution in [3.8, 4) is 11.5 Å². The second-order valence-corrected chi connectivity index (χ2v) is 3.63. The van der Waals surface area contributed by atoms with E-state index < -0.39 is 17.5 Å². The fourth-order valence-electron chi connectivity index (χ4n) is 1.48. The van der Waals surface area contributed by atoms with E-state index >= 15 is 0 Å². The van der Waals surface area contributed by atoms with E-state index in [0.29, 0.717) is 0 Å². The summed E-state index contributed by atoms with van der Waals surface area (Å²) in [4.78, 5) is 14.7. The summed E-state index contributed by atoms with van der Waals surface area (Å²) < 4.78 is 43.3. The number of halogens is 3. The predicted octanol–water partition coefficient (Wildman–Crippen LogP) is 3.56. The van der Waals surface area contributed by atoms with E-state index in [9.17, 15) is 18.0 Å². The largest absolute Gasteiger partial charge is 0.433 e. The van der Waals surface area contributed by atoms with Crippen LogP contribution in [0.2, 0.25) is 0 Å². The third-order valence-corrected chi connectivity index (χ3v) is 2.32. The van der Waals surface area contributed by atoms with Gasteiger partial charge in [0.25, 0.3) is 0 Å². The lowest BCUT2D eigenvalue weighted by Gasteiger charge is -2.09. The lowest BCUT2D eigenvalue weighted by molar-refractivity contribution is -0.137. The van der Waals surface area contributed by atoms with Crippen LogP contribution in [0.1, 0.15) is 23.0 Å². The van der Waals surface area contributed by atoms with Gasteiger partial charge in [-0.15, -0.1) is 0 Å². The number of rotatable bonds is 2. The molecular weight excluding hydrogens is 247 g/mol. The number of Topliss-reactive ketones (excluding diaryl/α,β-unsaturated/α-hetero) is 1. The van der Waals surface area contributed by atoms with Gasteiger partial charge in [-0.2, -0.15) is 13.2 Å². The van der Waals surface area contributed by atoms with E-state index in [0.717, 1.165) is 12.3 Å². The smallest absolute Gasteiger partial charge is 0.417 e. The number of oxazole rings is 1. The Labute approximate surface area is 100 Å². The van der Waals surface area contributed by atoms with E-state index in [2.05, 4.69) is 4.98 Å². The summed E-state index contributed by atoms with van der Waals surface area (Å²) in [7, 11) is 0. The van der Waals surface area contributed by atoms with Crippen LogP contribution in [0.5, 0.6) is 0 Å². The Hall–Kier alpha value is -2.11. The molecular formula is C12H8F3NO2. The molecule has 2 rings (SSSR count). The summed E-state index contributed by atoms with van der Waals surface area (Å²) in [6.45, 7) is 1.25. The van der Waals surface area contributed by atoms with Gasteiger partial charge in [0.05, 0.1) is 11.8 Å². The topological polar surface area (TPSA) is 43.1 Å². The number of benzene rings is 1. The zero-order valence-corrected chi connectivity index (χ0v) is 9.28. The fourth-order valence-corrected chi connectivity index (χ4v) is 1.48. The molecule has 0 N–H and O–H groups in total. The second kappa shape index (κ2) is 4.29. The summed E-state index contributed by atoms with van der Waals surface area (Å²) in [6.07, 6.45) is -3.38. The van der Waals surface area contributed by atoms with Crippen LogP contribution in [0.4, 0.5) is 13.2 Å². The molecule has 0 atom stereocenters. The number of alkyl halides is 3. The molecule has 1 aromatic carbocycles. The Balaban J connectivity index is 2.53. The first-order valence-corrected chi connectivity index (χ1v) is 5.03. The van der Waals surface area contributed by atoms with Gasteiger partial charge in [-0.1, -0.05) is 12.1 Å². The average Bonchev–Trinajstić information content (AvgIpc) is 2.77. The van der Waals surface area contributed by atoms with Gasteiger partial charge in [-0.25, -0.2) is 4.98 Å². The van der Waals surface area contributed by atoms with Crippen molar-refractivity contribution in [2.24, 2.45) is 0 Å². The van der Waals surface area contributed by atoms with Gasteiger partial charge >= 0.3 is 6.18 Å². The molecule has 0 bridgehead atoms. The Morgan fingerprint density at radius 2 is 1.94 bits per heavy atom. The maximum atomic E-state index is 12.8. The van der Waals surface area contributed by atoms with Crippen molar-refractivity contribution in [1.82, 2.24) is 4.98 Å². The molecule has 1 heterocycles. The number of aromatic nitrogens is 1. The molecule has 18 heavy (non-hydrogen) atoms. The van der Waals surface area contributed by atoms with Gasteiger partial charge in [0.1, 0.15) is 0 Å². The van der Waals surface area contributed by atoms with Gasteiger partial charge in [0, 0.05) is 12.5 Å². The van der Waals surface area contributed by atoms with E-state index in [-0.39, 0.29) is 17.2 Å². The number of nitrogens with zero attached hydrogens (tertiary/aromatic N) is 1. The minimum Gasteiger partial charge on any atom is -0.433 e. The van der Waals surface area contributed by atoms with Crippen LogP contribution in [-0.2, 0) is 6.18 Å². The highest BCUT2D eigenvalue weighted by Crippen LogP contribution is 2.36. The van der Waals surface area contributed by atoms with Crippen molar-refractivity contribution >= 4 is 5.78 Å². The molecule has 0 radical (unpaired) electrons. The van der Waals surface area contributed by atoms with Crippen LogP contribution < -0.4 is 0 Å². The molecule has 0 unspecified atom stereocenters. The van der Waals surface area contributed by atoms with Crippen LogP contribution in [0.25, 0.3) is 11.5 Å². The molecule has 6 heteroatoms. The van der Waals surface area contributed by atoms with E-state index in [4.69, 9.17) is 4.42 Å². The molecule has 94 valence electrons. The Morgan fingerprint density at radius 3 is 2.50 bits per heavy atom. The molecule has 0 spiro atoms. The monoisotopic (exact) mass is 255 g/mol. The zero-order chi connectivity index (χ0) is 13.3. The van der Waals surface area contributed by atoms with Crippen LogP contribution in [-0.4, -0.2) is 10.8 Å². The molecule has 0 aliphatic rings. The molecule has 0 amide bonds. The Morgan fingerprint density at radius 1 is 1.28 bits per heavy atom. The average molecular weight is 255 g/mol. The van der Waals surface area contributed by atoms with Crippen molar-refractivity contribution in [2.75, 3.05) is 0 Å². The second-order valence-electron chi connectivity index (χ2n) is 3.63. The van der Waals surface area contributed by atoms with Crippen LogP contribution in [0.15, 0.2) is 34.9 Å². The van der Waals surface area contributed by atoms with Gasteiger partial charge in [0.15, 0.2) is 11.5 Å². The summed E-state index contributed by atoms with van der Waals surface area (Å²) >= 11 is 0. The van der Waals surface area contributed by atoms with Gasteiger partial charge in [0.2, 0.25) is 5.89 Å². The Bertz CT molecular complexity index is 587. The lowest BCUT2D eigenvalue weighted by atomic mass is 10.1. The maximum absolute atomic E-state index is 12.8. The SMILES string of the molecule is CC(=O)c1cnc(-c2ccccc2C(F)(F)F)o1. The van der Waals surface area contributed by atoms with E-state index in [1.54, 1.807) is 0 Å². The van der Waals surface area contributed by atoms with E-state index in [1.807, 2.05) is 0 Å². The molecule has 0 saturated heterocycles. The first-order chi connectivity index (χ1) is 8.39. The quantitative estimate of drug-likeness (QED) is 0.770. The first-order valence-electron chi connectivity index (χ1n) is 5.03. The molecule has 0 aliphatic carbocycles. The first kappa shape index (κ1) is 12.3. The number of carbonyl (C=O) groups excluding carboxylic acids is 1. The van der Waals surface area contributed by atoms with Gasteiger partial charge < -0.3 is 4.42 Å². The van der Waals surface area contributed by atoms with Gasteiger partial charge in [-0.05, 0) is 12.1 Å². The van der Waals surface area contributed by atoms with Crippen molar-refractivity contribution in [3.63, 3.8) is 0 Å². The molecule has 0 fully saturated rings. The molecule has 2 aromatic rings.